The lowest BCUT2D eigenvalue weighted by Gasteiger charge is -2.40. The summed E-state index contributed by atoms with van der Waals surface area (Å²) in [7, 11) is 2.69. The first-order valence-corrected chi connectivity index (χ1v) is 10.6. The average molecular weight is 495 g/mol. The summed E-state index contributed by atoms with van der Waals surface area (Å²) in [5.74, 6) is -0.474. The Morgan fingerprint density at radius 1 is 0.943 bits per heavy atom. The van der Waals surface area contributed by atoms with Crippen LogP contribution in [0.5, 0.6) is 17.2 Å². The molecule has 12 heteroatoms. The maximum atomic E-state index is 10.4. The van der Waals surface area contributed by atoms with Gasteiger partial charge < -0.3 is 59.4 Å². The fourth-order valence-electron chi connectivity index (χ4n) is 3.98. The van der Waals surface area contributed by atoms with Gasteiger partial charge in [0.25, 0.3) is 0 Å². The first-order valence-electron chi connectivity index (χ1n) is 10.6. The molecule has 0 amide bonds. The van der Waals surface area contributed by atoms with Gasteiger partial charge in [-0.15, -0.1) is 0 Å². The molecule has 1 fully saturated rings. The molecule has 8 N–H and O–H groups in total. The van der Waals surface area contributed by atoms with Crippen molar-refractivity contribution in [3.63, 3.8) is 0 Å². The molecule has 1 aromatic rings. The van der Waals surface area contributed by atoms with Gasteiger partial charge in [0, 0.05) is 24.3 Å². The first-order chi connectivity index (χ1) is 16.7. The summed E-state index contributed by atoms with van der Waals surface area (Å²) in [5.41, 5.74) is 0.608. The number of aliphatic hydroxyl groups is 8. The molecule has 2 heterocycles. The molecule has 1 aliphatic carbocycles. The Labute approximate surface area is 199 Å². The highest BCUT2D eigenvalue weighted by Gasteiger charge is 2.46. The number of phenols is 1. The number of ether oxygens (including phenoxy) is 5. The number of hydrogen-bond donors (Lipinski definition) is 7. The minimum absolute atomic E-state index is 0.0230. The van der Waals surface area contributed by atoms with Gasteiger partial charge in [-0.25, -0.2) is 0 Å². The molecule has 6 atom stereocenters. The molecule has 4 rings (SSSR count). The number of benzene rings is 1. The van der Waals surface area contributed by atoms with Crippen LogP contribution >= 0.6 is 0 Å². The molecule has 12 nitrogen and oxygen atoms in total. The number of aliphatic hydroxyl groups excluding tert-OH is 6. The van der Waals surface area contributed by atoms with Crippen molar-refractivity contribution in [2.45, 2.75) is 36.8 Å². The van der Waals surface area contributed by atoms with Crippen LogP contribution in [-0.4, -0.2) is 98.1 Å². The molecule has 190 valence electrons. The Bertz CT molecular complexity index is 1080. The third-order valence-corrected chi connectivity index (χ3v) is 5.86. The summed E-state index contributed by atoms with van der Waals surface area (Å²) in [4.78, 5) is 0. The van der Waals surface area contributed by atoms with Gasteiger partial charge in [0.1, 0.15) is 35.9 Å². The van der Waals surface area contributed by atoms with Gasteiger partial charge in [-0.2, -0.15) is 0 Å². The quantitative estimate of drug-likeness (QED) is 0.255. The zero-order valence-electron chi connectivity index (χ0n) is 18.8. The summed E-state index contributed by atoms with van der Waals surface area (Å²) in [6.45, 7) is -0.649. The van der Waals surface area contributed by atoms with E-state index in [2.05, 4.69) is 4.74 Å². The average Bonchev–Trinajstić information content (AvgIpc) is 2.84. The maximum absolute atomic E-state index is 10.4. The van der Waals surface area contributed by atoms with E-state index in [0.29, 0.717) is 5.56 Å². The van der Waals surface area contributed by atoms with Crippen LogP contribution in [0.4, 0.5) is 0 Å². The number of phenolic OH excluding ortho intramolecular Hbond substituents is 1. The number of rotatable bonds is 6. The van der Waals surface area contributed by atoms with Crippen molar-refractivity contribution in [3.8, 4) is 17.2 Å². The molecule has 1 aromatic carbocycles. The van der Waals surface area contributed by atoms with Crippen molar-refractivity contribution in [1.82, 2.24) is 0 Å². The van der Waals surface area contributed by atoms with E-state index in [4.69, 9.17) is 18.9 Å². The summed E-state index contributed by atoms with van der Waals surface area (Å²) < 4.78 is 26.3. The van der Waals surface area contributed by atoms with Crippen molar-refractivity contribution < 1.29 is 59.4 Å². The van der Waals surface area contributed by atoms with Crippen LogP contribution in [0.3, 0.4) is 0 Å². The van der Waals surface area contributed by atoms with E-state index in [1.807, 2.05) is 0 Å². The van der Waals surface area contributed by atoms with Crippen molar-refractivity contribution >= 4 is 5.76 Å². The van der Waals surface area contributed by atoms with E-state index in [0.717, 1.165) is 6.08 Å². The van der Waals surface area contributed by atoms with E-state index >= 15 is 0 Å². The Morgan fingerprint density at radius 2 is 1.60 bits per heavy atom. The lowest BCUT2D eigenvalue weighted by Crippen LogP contribution is -2.59. The largest absolute Gasteiger partial charge is 0.571 e. The maximum Gasteiger partial charge on any atom is 0.305 e. The van der Waals surface area contributed by atoms with Crippen LogP contribution in [0.1, 0.15) is 5.56 Å². The smallest absolute Gasteiger partial charge is 0.305 e. The monoisotopic (exact) mass is 495 g/mol. The topological polar surface area (TPSA) is 191 Å². The summed E-state index contributed by atoms with van der Waals surface area (Å²) >= 11 is 0. The van der Waals surface area contributed by atoms with E-state index in [1.54, 1.807) is 0 Å². The van der Waals surface area contributed by atoms with Gasteiger partial charge in [0.05, 0.1) is 38.0 Å². The van der Waals surface area contributed by atoms with Gasteiger partial charge in [-0.05, 0) is 0 Å². The molecule has 0 saturated carbocycles. The highest BCUT2D eigenvalue weighted by atomic mass is 16.7. The van der Waals surface area contributed by atoms with Gasteiger partial charge in [0.2, 0.25) is 23.9 Å². The second-order valence-electron chi connectivity index (χ2n) is 8.05. The summed E-state index contributed by atoms with van der Waals surface area (Å²) in [6, 6.07) is 2.91. The molecular formula is C23H27O12+. The normalized spacial score (nSPS) is 30.4. The Hall–Kier alpha value is -3.42. The Morgan fingerprint density at radius 3 is 2.20 bits per heavy atom. The zero-order valence-corrected chi connectivity index (χ0v) is 18.8. The van der Waals surface area contributed by atoms with E-state index in [9.17, 15) is 35.7 Å². The molecule has 0 aromatic heterocycles. The number of hydrogen-bond acceptors (Lipinski definition) is 11. The number of fused-ring (bicyclic) bond motifs is 1. The third kappa shape index (κ3) is 4.49. The van der Waals surface area contributed by atoms with E-state index in [1.165, 1.54) is 38.5 Å². The first kappa shape index (κ1) is 24.7. The molecule has 3 aliphatic rings. The van der Waals surface area contributed by atoms with E-state index in [-0.39, 0.29) is 45.9 Å². The molecule has 2 aliphatic heterocycles. The summed E-state index contributed by atoms with van der Waals surface area (Å²) in [6.07, 6.45) is -4.55. The van der Waals surface area contributed by atoms with Crippen LogP contribution in [0.25, 0.3) is 5.76 Å². The Kier molecular flexibility index (Phi) is 6.83. The van der Waals surface area contributed by atoms with Gasteiger partial charge >= 0.3 is 5.76 Å². The highest BCUT2D eigenvalue weighted by molar-refractivity contribution is 5.71. The fraction of sp³-hybridized carbons (Fsp3) is 0.391. The third-order valence-electron chi connectivity index (χ3n) is 5.86. The lowest BCUT2D eigenvalue weighted by atomic mass is 9.96. The summed E-state index contributed by atoms with van der Waals surface area (Å²) in [5, 5.41) is 70.7. The SMILES string of the molecule is COc1cc(C2=C(O[C@@H]3O[C@H](CO)[C@@H](O)[C@H](O)[C@H]3O)C=C3C(O)=CC(O)=CC3[OH+]2)cc(OC)c1O. The van der Waals surface area contributed by atoms with Crippen LogP contribution in [0.15, 0.2) is 53.2 Å². The predicted octanol–water partition coefficient (Wildman–Crippen LogP) is -0.371. The standard InChI is InChI=1S/C23H26O12/c1-31-14-3-9(4-15(32-2)18(14)27)22-16(7-11-12(26)5-10(25)6-13(11)33-22)34-23-21(30)20(29)19(28)17(8-24)35-23/h3-7,13,17,19-21,23-30H,8H2,1-2H3/p+1/t13?,17-,19-,20+,21-,23-/m1/s1. The lowest BCUT2D eigenvalue weighted by molar-refractivity contribution is -0.290. The van der Waals surface area contributed by atoms with Crippen molar-refractivity contribution in [2.24, 2.45) is 0 Å². The van der Waals surface area contributed by atoms with E-state index < -0.39 is 43.4 Å². The van der Waals surface area contributed by atoms with Gasteiger partial charge in [-0.1, -0.05) is 0 Å². The van der Waals surface area contributed by atoms with Crippen molar-refractivity contribution in [1.29, 1.82) is 0 Å². The molecular weight excluding hydrogens is 468 g/mol. The molecule has 1 saturated heterocycles. The van der Waals surface area contributed by atoms with Crippen molar-refractivity contribution in [2.75, 3.05) is 20.8 Å². The number of aromatic hydroxyl groups is 1. The predicted molar refractivity (Wildman–Crippen MR) is 118 cm³/mol. The van der Waals surface area contributed by atoms with Gasteiger partial charge in [-0.3, -0.25) is 0 Å². The molecule has 35 heavy (non-hydrogen) atoms. The minimum Gasteiger partial charge on any atom is -0.571 e. The Balaban J connectivity index is 1.82. The fourth-order valence-corrected chi connectivity index (χ4v) is 3.98. The molecule has 0 bridgehead atoms. The number of methoxy groups -OCH3 is 2. The zero-order chi connectivity index (χ0) is 25.4. The van der Waals surface area contributed by atoms with Crippen molar-refractivity contribution in [3.05, 3.63) is 58.8 Å². The van der Waals surface area contributed by atoms with Crippen LogP contribution in [0, 0.1) is 0 Å². The van der Waals surface area contributed by atoms with Crippen LogP contribution in [0.2, 0.25) is 0 Å². The molecule has 1 unspecified atom stereocenters. The molecule has 0 radical (unpaired) electrons. The minimum atomic E-state index is -1.69. The molecule has 0 spiro atoms. The van der Waals surface area contributed by atoms with Crippen LogP contribution < -0.4 is 9.47 Å². The highest BCUT2D eigenvalue weighted by Crippen LogP contribution is 2.42. The van der Waals surface area contributed by atoms with Crippen LogP contribution in [-0.2, 0) is 9.47 Å². The number of allylic oxidation sites excluding steroid dienone is 2. The second-order valence-corrected chi connectivity index (χ2v) is 8.05. The second kappa shape index (κ2) is 9.68. The van der Waals surface area contributed by atoms with Gasteiger partial charge in [0.15, 0.2) is 11.5 Å².